The highest BCUT2D eigenvalue weighted by atomic mass is 32.2. The zero-order valence-corrected chi connectivity index (χ0v) is 14.3. The standard InChI is InChI=1S/C19H18F2N2OS/c20-15-6-2-13(3-7-15)12-19(24)17(14-4-8-16(21)9-5-14)25-18-22-10-1-11-23(18)19/h2-9,17,24H,1,10-12H2. The minimum absolute atomic E-state index is 0.282. The van der Waals surface area contributed by atoms with E-state index in [2.05, 4.69) is 4.99 Å². The molecule has 0 spiro atoms. The van der Waals surface area contributed by atoms with Gasteiger partial charge in [0, 0.05) is 19.5 Å². The molecule has 0 radical (unpaired) electrons. The number of benzene rings is 2. The molecule has 2 aliphatic heterocycles. The van der Waals surface area contributed by atoms with E-state index in [1.165, 1.54) is 36.0 Å². The van der Waals surface area contributed by atoms with Gasteiger partial charge in [-0.1, -0.05) is 36.0 Å². The Morgan fingerprint density at radius 3 is 2.40 bits per heavy atom. The molecule has 1 fully saturated rings. The van der Waals surface area contributed by atoms with Gasteiger partial charge in [0.1, 0.15) is 11.6 Å². The lowest BCUT2D eigenvalue weighted by atomic mass is 9.93. The summed E-state index contributed by atoms with van der Waals surface area (Å²) >= 11 is 1.51. The molecular formula is C19H18F2N2OS. The van der Waals surface area contributed by atoms with Crippen LogP contribution >= 0.6 is 11.8 Å². The van der Waals surface area contributed by atoms with Gasteiger partial charge in [0.05, 0.1) is 5.25 Å². The van der Waals surface area contributed by atoms with E-state index in [1.54, 1.807) is 24.3 Å². The summed E-state index contributed by atoms with van der Waals surface area (Å²) in [6, 6.07) is 12.4. The molecule has 130 valence electrons. The summed E-state index contributed by atoms with van der Waals surface area (Å²) in [5.74, 6) is -0.601. The van der Waals surface area contributed by atoms with E-state index in [1.807, 2.05) is 4.90 Å². The van der Waals surface area contributed by atoms with Gasteiger partial charge < -0.3 is 10.0 Å². The first kappa shape index (κ1) is 16.5. The van der Waals surface area contributed by atoms with Crippen LogP contribution < -0.4 is 0 Å². The molecule has 0 amide bonds. The van der Waals surface area contributed by atoms with Gasteiger partial charge in [-0.05, 0) is 41.8 Å². The second-order valence-corrected chi connectivity index (χ2v) is 7.47. The van der Waals surface area contributed by atoms with Crippen molar-refractivity contribution in [3.8, 4) is 0 Å². The van der Waals surface area contributed by atoms with E-state index >= 15 is 0 Å². The molecule has 2 heterocycles. The molecule has 1 N–H and O–H groups in total. The van der Waals surface area contributed by atoms with Crippen molar-refractivity contribution >= 4 is 16.9 Å². The minimum Gasteiger partial charge on any atom is -0.369 e. The number of fused-ring (bicyclic) bond motifs is 1. The smallest absolute Gasteiger partial charge is 0.162 e. The van der Waals surface area contributed by atoms with Crippen molar-refractivity contribution in [1.29, 1.82) is 0 Å². The summed E-state index contributed by atoms with van der Waals surface area (Å²) in [4.78, 5) is 6.49. The van der Waals surface area contributed by atoms with Crippen LogP contribution in [0.25, 0.3) is 0 Å². The quantitative estimate of drug-likeness (QED) is 0.906. The van der Waals surface area contributed by atoms with Crippen LogP contribution in [-0.4, -0.2) is 34.0 Å². The van der Waals surface area contributed by atoms with E-state index in [0.29, 0.717) is 6.42 Å². The monoisotopic (exact) mass is 360 g/mol. The van der Waals surface area contributed by atoms with Crippen LogP contribution in [-0.2, 0) is 6.42 Å². The van der Waals surface area contributed by atoms with Crippen molar-refractivity contribution in [2.75, 3.05) is 13.1 Å². The van der Waals surface area contributed by atoms with E-state index in [0.717, 1.165) is 35.8 Å². The maximum Gasteiger partial charge on any atom is 0.162 e. The van der Waals surface area contributed by atoms with Crippen LogP contribution in [0.2, 0.25) is 0 Å². The molecule has 3 nitrogen and oxygen atoms in total. The second kappa shape index (κ2) is 6.42. The summed E-state index contributed by atoms with van der Waals surface area (Å²) in [6.45, 7) is 1.48. The van der Waals surface area contributed by atoms with Gasteiger partial charge in [0.25, 0.3) is 0 Å². The fraction of sp³-hybridized carbons (Fsp3) is 0.316. The van der Waals surface area contributed by atoms with Crippen molar-refractivity contribution in [3.05, 3.63) is 71.3 Å². The largest absolute Gasteiger partial charge is 0.369 e. The Labute approximate surface area is 149 Å². The average molecular weight is 360 g/mol. The summed E-state index contributed by atoms with van der Waals surface area (Å²) in [5.41, 5.74) is 0.524. The van der Waals surface area contributed by atoms with Gasteiger partial charge in [-0.25, -0.2) is 8.78 Å². The molecule has 4 rings (SSSR count). The van der Waals surface area contributed by atoms with Crippen LogP contribution in [0.1, 0.15) is 22.8 Å². The Bertz CT molecular complexity index is 794. The molecule has 0 aliphatic carbocycles. The zero-order chi connectivity index (χ0) is 17.4. The number of aliphatic hydroxyl groups is 1. The van der Waals surface area contributed by atoms with Gasteiger partial charge in [0.15, 0.2) is 10.9 Å². The Kier molecular flexibility index (Phi) is 4.25. The number of hydrogen-bond acceptors (Lipinski definition) is 4. The van der Waals surface area contributed by atoms with Crippen LogP contribution in [0.3, 0.4) is 0 Å². The molecule has 1 saturated heterocycles. The number of halogens is 2. The summed E-state index contributed by atoms with van der Waals surface area (Å²) in [5, 5.41) is 12.2. The number of amidine groups is 1. The molecule has 0 bridgehead atoms. The SMILES string of the molecule is OC1(Cc2ccc(F)cc2)C(c2ccc(F)cc2)SC2=NCCCN21. The second-order valence-electron chi connectivity index (χ2n) is 6.40. The maximum absolute atomic E-state index is 13.3. The topological polar surface area (TPSA) is 35.8 Å². The highest BCUT2D eigenvalue weighted by Crippen LogP contribution is 2.51. The van der Waals surface area contributed by atoms with Crippen molar-refractivity contribution < 1.29 is 13.9 Å². The number of hydrogen-bond donors (Lipinski definition) is 1. The zero-order valence-electron chi connectivity index (χ0n) is 13.5. The predicted octanol–water partition coefficient (Wildman–Crippen LogP) is 3.75. The molecule has 2 aromatic carbocycles. The Morgan fingerprint density at radius 2 is 1.72 bits per heavy atom. The van der Waals surface area contributed by atoms with Crippen LogP contribution in [0.5, 0.6) is 0 Å². The molecule has 2 aromatic rings. The van der Waals surface area contributed by atoms with Crippen LogP contribution in [0.4, 0.5) is 8.78 Å². The maximum atomic E-state index is 13.3. The molecule has 6 heteroatoms. The third kappa shape index (κ3) is 3.04. The summed E-state index contributed by atoms with van der Waals surface area (Å²) in [6.07, 6.45) is 1.23. The van der Waals surface area contributed by atoms with E-state index in [4.69, 9.17) is 0 Å². The minimum atomic E-state index is -1.18. The van der Waals surface area contributed by atoms with Gasteiger partial charge in [-0.3, -0.25) is 4.99 Å². The molecule has 2 atom stereocenters. The molecule has 0 aromatic heterocycles. The third-order valence-electron chi connectivity index (χ3n) is 4.68. The first-order chi connectivity index (χ1) is 12.1. The van der Waals surface area contributed by atoms with E-state index in [-0.39, 0.29) is 16.9 Å². The molecular weight excluding hydrogens is 342 g/mol. The fourth-order valence-corrected chi connectivity index (χ4v) is 4.90. The number of nitrogens with zero attached hydrogens (tertiary/aromatic N) is 2. The lowest BCUT2D eigenvalue weighted by Crippen LogP contribution is -2.51. The normalized spacial score (nSPS) is 25.6. The van der Waals surface area contributed by atoms with E-state index in [9.17, 15) is 13.9 Å². The summed E-state index contributed by atoms with van der Waals surface area (Å²) in [7, 11) is 0. The summed E-state index contributed by atoms with van der Waals surface area (Å²) < 4.78 is 26.5. The third-order valence-corrected chi connectivity index (χ3v) is 6.12. The Hall–Kier alpha value is -1.92. The Balaban J connectivity index is 1.73. The molecule has 25 heavy (non-hydrogen) atoms. The number of rotatable bonds is 3. The van der Waals surface area contributed by atoms with Gasteiger partial charge >= 0.3 is 0 Å². The van der Waals surface area contributed by atoms with Gasteiger partial charge in [0.2, 0.25) is 0 Å². The van der Waals surface area contributed by atoms with Crippen molar-refractivity contribution in [2.45, 2.75) is 23.8 Å². The van der Waals surface area contributed by atoms with Crippen LogP contribution in [0.15, 0.2) is 53.5 Å². The lowest BCUT2D eigenvalue weighted by Gasteiger charge is -2.39. The van der Waals surface area contributed by atoms with Crippen molar-refractivity contribution in [3.63, 3.8) is 0 Å². The highest BCUT2D eigenvalue weighted by molar-refractivity contribution is 8.14. The fourth-order valence-electron chi connectivity index (χ4n) is 3.45. The van der Waals surface area contributed by atoms with E-state index < -0.39 is 5.72 Å². The van der Waals surface area contributed by atoms with Gasteiger partial charge in [-0.2, -0.15) is 0 Å². The molecule has 2 aliphatic rings. The average Bonchev–Trinajstić information content (AvgIpc) is 2.91. The number of aliphatic imine (C=N–C) groups is 1. The first-order valence-electron chi connectivity index (χ1n) is 8.27. The number of thioether (sulfide) groups is 1. The van der Waals surface area contributed by atoms with Crippen molar-refractivity contribution in [2.24, 2.45) is 4.99 Å². The predicted molar refractivity (Wildman–Crippen MR) is 95.4 cm³/mol. The highest BCUT2D eigenvalue weighted by Gasteiger charge is 2.52. The first-order valence-corrected chi connectivity index (χ1v) is 9.15. The van der Waals surface area contributed by atoms with Gasteiger partial charge in [-0.15, -0.1) is 0 Å². The lowest BCUT2D eigenvalue weighted by molar-refractivity contribution is -0.0657. The van der Waals surface area contributed by atoms with Crippen LogP contribution in [0, 0.1) is 11.6 Å². The molecule has 0 saturated carbocycles. The van der Waals surface area contributed by atoms with Crippen molar-refractivity contribution in [1.82, 2.24) is 4.90 Å². The Morgan fingerprint density at radius 1 is 1.08 bits per heavy atom. The molecule has 2 unspecified atom stereocenters.